The number of amides is 2. The summed E-state index contributed by atoms with van der Waals surface area (Å²) < 4.78 is 0. The number of nitrogens with two attached hydrogens (primary N) is 1. The van der Waals surface area contributed by atoms with Gasteiger partial charge in [-0.25, -0.2) is 9.78 Å². The van der Waals surface area contributed by atoms with Crippen LogP contribution in [0, 0.1) is 0 Å². The summed E-state index contributed by atoms with van der Waals surface area (Å²) in [7, 11) is 4.12. The molecule has 4 rings (SSSR count). The molecule has 0 unspecified atom stereocenters. The summed E-state index contributed by atoms with van der Waals surface area (Å²) in [5.74, 6) is 1.23. The minimum absolute atomic E-state index is 0.113. The lowest BCUT2D eigenvalue weighted by molar-refractivity contribution is 0.248. The molecule has 2 amide bonds. The van der Waals surface area contributed by atoms with Crippen molar-refractivity contribution in [3.63, 3.8) is 0 Å². The Kier molecular flexibility index (Phi) is 6.72. The van der Waals surface area contributed by atoms with Crippen molar-refractivity contribution in [2.24, 2.45) is 5.73 Å². The van der Waals surface area contributed by atoms with Crippen LogP contribution in [0.5, 0.6) is 0 Å². The van der Waals surface area contributed by atoms with E-state index in [1.54, 1.807) is 0 Å². The quantitative estimate of drug-likeness (QED) is 0.508. The van der Waals surface area contributed by atoms with Crippen molar-refractivity contribution in [3.8, 4) is 0 Å². The fourth-order valence-electron chi connectivity index (χ4n) is 4.98. The molecule has 0 atom stereocenters. The number of carbonyl (C=O) groups is 1. The summed E-state index contributed by atoms with van der Waals surface area (Å²) >= 11 is 0. The zero-order chi connectivity index (χ0) is 23.5. The van der Waals surface area contributed by atoms with Crippen LogP contribution in [0.4, 0.5) is 22.0 Å². The normalized spacial score (nSPS) is 18.3. The van der Waals surface area contributed by atoms with E-state index in [-0.39, 0.29) is 12.1 Å². The Morgan fingerprint density at radius 3 is 2.33 bits per heavy atom. The molecular formula is C27H35N5O. The first-order valence-electron chi connectivity index (χ1n) is 11.9. The number of rotatable bonds is 6. The molecule has 3 N–H and O–H groups in total. The van der Waals surface area contributed by atoms with Gasteiger partial charge in [-0.15, -0.1) is 0 Å². The first-order valence-corrected chi connectivity index (χ1v) is 11.9. The summed E-state index contributed by atoms with van der Waals surface area (Å²) in [4.78, 5) is 21.3. The largest absolute Gasteiger partial charge is 0.377 e. The number of primary amides is 1. The lowest BCUT2D eigenvalue weighted by Gasteiger charge is -2.37. The zero-order valence-corrected chi connectivity index (χ0v) is 20.1. The molecule has 33 heavy (non-hydrogen) atoms. The van der Waals surface area contributed by atoms with Gasteiger partial charge in [0.15, 0.2) is 0 Å². The van der Waals surface area contributed by atoms with Crippen molar-refractivity contribution >= 4 is 34.1 Å². The highest BCUT2D eigenvalue weighted by Gasteiger charge is 2.30. The molecule has 1 aliphatic rings. The number of benzene rings is 2. The maximum atomic E-state index is 12.5. The monoisotopic (exact) mass is 445 g/mol. The Balaban J connectivity index is 1.49. The van der Waals surface area contributed by atoms with E-state index in [1.807, 2.05) is 35.2 Å². The maximum absolute atomic E-state index is 12.5. The highest BCUT2D eigenvalue weighted by atomic mass is 16.2. The van der Waals surface area contributed by atoms with Crippen LogP contribution >= 0.6 is 0 Å². The van der Waals surface area contributed by atoms with Gasteiger partial charge in [-0.3, -0.25) is 4.90 Å². The molecule has 1 saturated carbocycles. The molecule has 6 nitrogen and oxygen atoms in total. The number of nitrogens with zero attached hydrogens (tertiary/aromatic N) is 3. The number of hydrogen-bond donors (Lipinski definition) is 2. The number of anilines is 3. The number of fused-ring (bicyclic) bond motifs is 1. The molecule has 3 aromatic rings. The highest BCUT2D eigenvalue weighted by Crippen LogP contribution is 2.34. The molecule has 0 aliphatic heterocycles. The average Bonchev–Trinajstić information content (AvgIpc) is 2.80. The number of nitrogens with one attached hydrogen (secondary N) is 1. The molecule has 0 radical (unpaired) electrons. The second-order valence-corrected chi connectivity index (χ2v) is 9.51. The second kappa shape index (κ2) is 9.69. The van der Waals surface area contributed by atoms with E-state index < -0.39 is 0 Å². The van der Waals surface area contributed by atoms with Gasteiger partial charge in [0, 0.05) is 49.0 Å². The minimum atomic E-state index is -0.369. The molecule has 0 spiro atoms. The summed E-state index contributed by atoms with van der Waals surface area (Å²) in [6, 6.07) is 18.6. The van der Waals surface area contributed by atoms with Gasteiger partial charge in [-0.05, 0) is 49.3 Å². The summed E-state index contributed by atoms with van der Waals surface area (Å²) in [6.45, 7) is 4.30. The van der Waals surface area contributed by atoms with E-state index in [1.165, 1.54) is 0 Å². The van der Waals surface area contributed by atoms with E-state index in [2.05, 4.69) is 62.4 Å². The molecule has 1 aromatic heterocycles. The van der Waals surface area contributed by atoms with Crippen LogP contribution in [0.2, 0.25) is 0 Å². The van der Waals surface area contributed by atoms with Crippen LogP contribution in [0.3, 0.4) is 0 Å². The Hall–Kier alpha value is -3.28. The third-order valence-electron chi connectivity index (χ3n) is 6.65. The van der Waals surface area contributed by atoms with E-state index in [4.69, 9.17) is 10.7 Å². The van der Waals surface area contributed by atoms with Crippen molar-refractivity contribution in [2.75, 3.05) is 29.2 Å². The number of urea groups is 1. The van der Waals surface area contributed by atoms with Gasteiger partial charge < -0.3 is 16.0 Å². The Morgan fingerprint density at radius 2 is 1.67 bits per heavy atom. The molecule has 1 heterocycles. The number of carbonyl (C=O) groups excluding carboxylic acids is 1. The zero-order valence-electron chi connectivity index (χ0n) is 20.1. The smallest absolute Gasteiger partial charge is 0.319 e. The van der Waals surface area contributed by atoms with Gasteiger partial charge in [-0.1, -0.05) is 50.2 Å². The van der Waals surface area contributed by atoms with E-state index in [0.717, 1.165) is 59.3 Å². The SMILES string of the molecule is CC(C)c1ccccc1N(C(N)=O)C1CCC(Nc2cc(N(C)C)c3ccccc3n2)CC1. The van der Waals surface area contributed by atoms with Crippen molar-refractivity contribution in [1.29, 1.82) is 0 Å². The maximum Gasteiger partial charge on any atom is 0.319 e. The third kappa shape index (κ3) is 4.90. The van der Waals surface area contributed by atoms with Gasteiger partial charge >= 0.3 is 6.03 Å². The Morgan fingerprint density at radius 1 is 1.00 bits per heavy atom. The van der Waals surface area contributed by atoms with Crippen LogP contribution in [0.1, 0.15) is 51.0 Å². The Bertz CT molecular complexity index is 1120. The fraction of sp³-hybridized carbons (Fsp3) is 0.407. The van der Waals surface area contributed by atoms with Gasteiger partial charge in [0.1, 0.15) is 5.82 Å². The van der Waals surface area contributed by atoms with Gasteiger partial charge in [0.05, 0.1) is 5.52 Å². The second-order valence-electron chi connectivity index (χ2n) is 9.51. The average molecular weight is 446 g/mol. The molecule has 1 fully saturated rings. The van der Waals surface area contributed by atoms with Crippen molar-refractivity contribution < 1.29 is 4.79 Å². The van der Waals surface area contributed by atoms with Crippen LogP contribution in [-0.4, -0.2) is 37.2 Å². The molecule has 174 valence electrons. The van der Waals surface area contributed by atoms with Gasteiger partial charge in [-0.2, -0.15) is 0 Å². The molecule has 0 saturated heterocycles. The predicted molar refractivity (Wildman–Crippen MR) is 138 cm³/mol. The van der Waals surface area contributed by atoms with E-state index in [0.29, 0.717) is 12.0 Å². The summed E-state index contributed by atoms with van der Waals surface area (Å²) in [5.41, 5.74) is 10.1. The van der Waals surface area contributed by atoms with E-state index >= 15 is 0 Å². The minimum Gasteiger partial charge on any atom is -0.377 e. The van der Waals surface area contributed by atoms with Crippen molar-refractivity contribution in [2.45, 2.75) is 57.5 Å². The van der Waals surface area contributed by atoms with Crippen LogP contribution in [0.25, 0.3) is 10.9 Å². The molecular weight excluding hydrogens is 410 g/mol. The van der Waals surface area contributed by atoms with Crippen LogP contribution < -0.4 is 20.9 Å². The molecule has 2 aromatic carbocycles. The first kappa shape index (κ1) is 22.9. The lowest BCUT2D eigenvalue weighted by Crippen LogP contribution is -2.47. The third-order valence-corrected chi connectivity index (χ3v) is 6.65. The molecule has 0 bridgehead atoms. The first-order chi connectivity index (χ1) is 15.8. The van der Waals surface area contributed by atoms with Crippen molar-refractivity contribution in [1.82, 2.24) is 4.98 Å². The van der Waals surface area contributed by atoms with Gasteiger partial charge in [0.25, 0.3) is 0 Å². The van der Waals surface area contributed by atoms with Crippen LogP contribution in [-0.2, 0) is 0 Å². The number of aromatic nitrogens is 1. The highest BCUT2D eigenvalue weighted by molar-refractivity contribution is 5.93. The molecule has 6 heteroatoms. The summed E-state index contributed by atoms with van der Waals surface area (Å²) in [5, 5.41) is 4.80. The Labute approximate surface area is 196 Å². The summed E-state index contributed by atoms with van der Waals surface area (Å²) in [6.07, 6.45) is 3.73. The fourth-order valence-corrected chi connectivity index (χ4v) is 4.98. The van der Waals surface area contributed by atoms with Crippen LogP contribution in [0.15, 0.2) is 54.6 Å². The lowest BCUT2D eigenvalue weighted by atomic mass is 9.89. The number of para-hydroxylation sites is 2. The topological polar surface area (TPSA) is 74.5 Å². The van der Waals surface area contributed by atoms with E-state index in [9.17, 15) is 4.79 Å². The molecule has 1 aliphatic carbocycles. The number of pyridine rings is 1. The van der Waals surface area contributed by atoms with Crippen molar-refractivity contribution in [3.05, 3.63) is 60.2 Å². The standard InChI is InChI=1S/C27H35N5O/c1-18(2)21-9-6-8-12-24(21)32(27(28)33)20-15-13-19(14-16-20)29-26-17-25(31(3)4)22-10-5-7-11-23(22)30-26/h5-12,17-20H,13-16H2,1-4H3,(H2,28,33)(H,29,30). The van der Waals surface area contributed by atoms with Gasteiger partial charge in [0.2, 0.25) is 0 Å². The number of hydrogen-bond acceptors (Lipinski definition) is 4. The predicted octanol–water partition coefficient (Wildman–Crippen LogP) is 5.73.